The first-order valence-electron chi connectivity index (χ1n) is 9.44. The number of carbonyl (C=O) groups excluding carboxylic acids is 1. The number of thioether (sulfide) groups is 1. The summed E-state index contributed by atoms with van der Waals surface area (Å²) in [5, 5.41) is 4.00. The third kappa shape index (κ3) is 7.38. The van der Waals surface area contributed by atoms with Crippen LogP contribution < -0.4 is 9.62 Å². The van der Waals surface area contributed by atoms with Crippen LogP contribution in [0, 0.1) is 0 Å². The molecule has 0 aliphatic rings. The molecule has 0 bridgehead atoms. The first-order valence-corrected chi connectivity index (χ1v) is 13.2. The Hall–Kier alpha value is -1.41. The molecule has 0 aromatic heterocycles. The molecule has 0 aliphatic heterocycles. The molecule has 0 saturated carbocycles. The number of sulfonamides is 1. The summed E-state index contributed by atoms with van der Waals surface area (Å²) in [4.78, 5) is 12.4. The molecule has 9 heteroatoms. The molecule has 30 heavy (non-hydrogen) atoms. The highest BCUT2D eigenvalue weighted by Gasteiger charge is 2.23. The molecule has 0 saturated heterocycles. The van der Waals surface area contributed by atoms with Crippen LogP contribution in [-0.2, 0) is 20.6 Å². The number of anilines is 1. The monoisotopic (exact) mass is 488 g/mol. The number of hydrogen-bond acceptors (Lipinski definition) is 4. The van der Waals surface area contributed by atoms with E-state index in [-0.39, 0.29) is 18.4 Å². The summed E-state index contributed by atoms with van der Waals surface area (Å²) < 4.78 is 25.9. The first kappa shape index (κ1) is 24.9. The molecule has 1 N–H and O–H groups in total. The molecule has 1 amide bonds. The fraction of sp³-hybridized carbons (Fsp3) is 0.381. The zero-order chi connectivity index (χ0) is 22.3. The van der Waals surface area contributed by atoms with Crippen LogP contribution in [0.25, 0.3) is 0 Å². The van der Waals surface area contributed by atoms with Crippen LogP contribution >= 0.6 is 35.0 Å². The molecule has 0 aliphatic carbocycles. The van der Waals surface area contributed by atoms with Crippen LogP contribution in [0.2, 0.25) is 10.0 Å². The smallest absolute Gasteiger partial charge is 0.240 e. The average molecular weight is 489 g/mol. The van der Waals surface area contributed by atoms with Gasteiger partial charge in [0.15, 0.2) is 0 Å². The Balaban J connectivity index is 1.91. The van der Waals surface area contributed by atoms with Crippen molar-refractivity contribution in [2.75, 3.05) is 29.4 Å². The summed E-state index contributed by atoms with van der Waals surface area (Å²) in [6, 6.07) is 12.6. The number of hydrogen-bond donors (Lipinski definition) is 1. The molecular weight excluding hydrogens is 463 g/mol. The van der Waals surface area contributed by atoms with Gasteiger partial charge < -0.3 is 5.32 Å². The van der Waals surface area contributed by atoms with Crippen molar-refractivity contribution < 1.29 is 13.2 Å². The molecule has 0 unspecified atom stereocenters. The standard InChI is InChI=1S/C21H26Cl2N2O3S2/c1-15(2)18-6-4-5-7-20(18)25(30(3,27)28)13-21(26)24-10-11-29-14-16-8-9-17(22)12-19(16)23/h4-9,12,15H,10-11,13-14H2,1-3H3,(H,24,26). The second-order valence-corrected chi connectivity index (χ2v) is 11.0. The van der Waals surface area contributed by atoms with E-state index in [2.05, 4.69) is 5.32 Å². The zero-order valence-electron chi connectivity index (χ0n) is 17.2. The number of rotatable bonds is 10. The van der Waals surface area contributed by atoms with Crippen LogP contribution in [0.15, 0.2) is 42.5 Å². The van der Waals surface area contributed by atoms with Crippen molar-refractivity contribution in [3.8, 4) is 0 Å². The van der Waals surface area contributed by atoms with Gasteiger partial charge in [0.1, 0.15) is 6.54 Å². The normalized spacial score (nSPS) is 11.5. The van der Waals surface area contributed by atoms with Gasteiger partial charge in [-0.15, -0.1) is 0 Å². The largest absolute Gasteiger partial charge is 0.354 e. The van der Waals surface area contributed by atoms with Gasteiger partial charge in [0, 0.05) is 28.1 Å². The number of nitrogens with one attached hydrogen (secondary N) is 1. The summed E-state index contributed by atoms with van der Waals surface area (Å²) in [5.74, 6) is 1.16. The topological polar surface area (TPSA) is 66.5 Å². The average Bonchev–Trinajstić information content (AvgIpc) is 2.66. The van der Waals surface area contributed by atoms with E-state index >= 15 is 0 Å². The van der Waals surface area contributed by atoms with Crippen molar-refractivity contribution in [2.24, 2.45) is 0 Å². The summed E-state index contributed by atoms with van der Waals surface area (Å²) in [6.07, 6.45) is 1.11. The lowest BCUT2D eigenvalue weighted by atomic mass is 10.0. The molecule has 0 fully saturated rings. The molecule has 164 valence electrons. The van der Waals surface area contributed by atoms with E-state index in [4.69, 9.17) is 23.2 Å². The first-order chi connectivity index (χ1) is 14.1. The summed E-state index contributed by atoms with van der Waals surface area (Å²) >= 11 is 13.7. The van der Waals surface area contributed by atoms with E-state index in [1.165, 1.54) is 0 Å². The van der Waals surface area contributed by atoms with Crippen molar-refractivity contribution >= 4 is 56.6 Å². The second-order valence-electron chi connectivity index (χ2n) is 7.12. The molecule has 0 heterocycles. The fourth-order valence-electron chi connectivity index (χ4n) is 2.85. The molecule has 5 nitrogen and oxygen atoms in total. The van der Waals surface area contributed by atoms with Gasteiger partial charge in [0.2, 0.25) is 15.9 Å². The quantitative estimate of drug-likeness (QED) is 0.481. The van der Waals surface area contributed by atoms with Gasteiger partial charge in [0.05, 0.1) is 11.9 Å². The van der Waals surface area contributed by atoms with Gasteiger partial charge in [-0.1, -0.05) is 61.3 Å². The Bertz CT molecular complexity index is 982. The van der Waals surface area contributed by atoms with E-state index in [9.17, 15) is 13.2 Å². The minimum absolute atomic E-state index is 0.129. The third-order valence-corrected chi connectivity index (χ3v) is 7.08. The van der Waals surface area contributed by atoms with E-state index in [1.807, 2.05) is 32.0 Å². The number of benzene rings is 2. The van der Waals surface area contributed by atoms with E-state index in [0.29, 0.717) is 33.8 Å². The molecule has 2 rings (SSSR count). The third-order valence-electron chi connectivity index (χ3n) is 4.36. The van der Waals surface area contributed by atoms with Gasteiger partial charge in [0.25, 0.3) is 0 Å². The predicted molar refractivity (Wildman–Crippen MR) is 128 cm³/mol. The van der Waals surface area contributed by atoms with Crippen LogP contribution in [0.4, 0.5) is 5.69 Å². The molecule has 0 radical (unpaired) electrons. The number of nitrogens with zero attached hydrogens (tertiary/aromatic N) is 1. The summed E-state index contributed by atoms with van der Waals surface area (Å²) in [7, 11) is -3.61. The van der Waals surface area contributed by atoms with Crippen LogP contribution in [0.3, 0.4) is 0 Å². The molecule has 2 aromatic carbocycles. The van der Waals surface area contributed by atoms with Gasteiger partial charge in [-0.05, 0) is 35.2 Å². The minimum atomic E-state index is -3.61. The Morgan fingerprint density at radius 1 is 1.17 bits per heavy atom. The van der Waals surface area contributed by atoms with Crippen molar-refractivity contribution in [1.29, 1.82) is 0 Å². The number of carbonyl (C=O) groups is 1. The fourth-order valence-corrected chi connectivity index (χ4v) is 5.15. The van der Waals surface area contributed by atoms with Crippen LogP contribution in [0.5, 0.6) is 0 Å². The summed E-state index contributed by atoms with van der Waals surface area (Å²) in [5.41, 5.74) is 2.40. The molecule has 0 atom stereocenters. The SMILES string of the molecule is CC(C)c1ccccc1N(CC(=O)NCCSCc1ccc(Cl)cc1Cl)S(C)(=O)=O. The van der Waals surface area contributed by atoms with Crippen molar-refractivity contribution in [3.63, 3.8) is 0 Å². The Morgan fingerprint density at radius 3 is 2.50 bits per heavy atom. The maximum absolute atomic E-state index is 12.4. The molecule has 0 spiro atoms. The Labute approximate surface area is 193 Å². The highest BCUT2D eigenvalue weighted by Crippen LogP contribution is 2.29. The maximum Gasteiger partial charge on any atom is 0.240 e. The van der Waals surface area contributed by atoms with Gasteiger partial charge in [-0.2, -0.15) is 11.8 Å². The van der Waals surface area contributed by atoms with Crippen LogP contribution in [-0.4, -0.2) is 39.4 Å². The van der Waals surface area contributed by atoms with E-state index in [0.717, 1.165) is 21.7 Å². The highest BCUT2D eigenvalue weighted by atomic mass is 35.5. The predicted octanol–water partition coefficient (Wildman–Crippen LogP) is 4.93. The van der Waals surface area contributed by atoms with Crippen molar-refractivity contribution in [2.45, 2.75) is 25.5 Å². The van der Waals surface area contributed by atoms with E-state index in [1.54, 1.807) is 36.0 Å². The van der Waals surface area contributed by atoms with Gasteiger partial charge >= 0.3 is 0 Å². The molecule has 2 aromatic rings. The van der Waals surface area contributed by atoms with Crippen molar-refractivity contribution in [3.05, 3.63) is 63.6 Å². The minimum Gasteiger partial charge on any atom is -0.354 e. The number of para-hydroxylation sites is 1. The van der Waals surface area contributed by atoms with Crippen LogP contribution in [0.1, 0.15) is 30.9 Å². The van der Waals surface area contributed by atoms with E-state index < -0.39 is 10.0 Å². The maximum atomic E-state index is 12.4. The highest BCUT2D eigenvalue weighted by molar-refractivity contribution is 7.98. The lowest BCUT2D eigenvalue weighted by Crippen LogP contribution is -2.41. The Kier molecular flexibility index (Phi) is 9.34. The lowest BCUT2D eigenvalue weighted by molar-refractivity contribution is -0.119. The van der Waals surface area contributed by atoms with Crippen molar-refractivity contribution in [1.82, 2.24) is 5.32 Å². The van der Waals surface area contributed by atoms with Gasteiger partial charge in [-0.25, -0.2) is 8.42 Å². The molecular formula is C21H26Cl2N2O3S2. The number of amides is 1. The summed E-state index contributed by atoms with van der Waals surface area (Å²) in [6.45, 7) is 4.15. The number of halogens is 2. The van der Waals surface area contributed by atoms with Gasteiger partial charge in [-0.3, -0.25) is 9.10 Å². The second kappa shape index (κ2) is 11.3. The zero-order valence-corrected chi connectivity index (χ0v) is 20.3. The lowest BCUT2D eigenvalue weighted by Gasteiger charge is -2.25. The Morgan fingerprint density at radius 2 is 1.87 bits per heavy atom.